The summed E-state index contributed by atoms with van der Waals surface area (Å²) in [5.41, 5.74) is 7.27. The van der Waals surface area contributed by atoms with Gasteiger partial charge in [-0.25, -0.2) is 4.79 Å². The Kier molecular flexibility index (Phi) is 5.01. The van der Waals surface area contributed by atoms with Crippen LogP contribution >= 0.6 is 0 Å². The van der Waals surface area contributed by atoms with Crippen LogP contribution in [0.15, 0.2) is 72.8 Å². The summed E-state index contributed by atoms with van der Waals surface area (Å²) in [6.45, 7) is 0.897. The Morgan fingerprint density at radius 3 is 2.17 bits per heavy atom. The van der Waals surface area contributed by atoms with Crippen LogP contribution in [0, 0.1) is 0 Å². The standard InChI is InChI=1S/C26H25NO3/c28-14-13-20-15-18-7-1-2-8-19(18)16-27(20)26(29)30-17-25-23-11-5-3-9-21(23)22-10-4-6-12-24(22)25/h1-12,20,25,28H,13-17H2. The highest BCUT2D eigenvalue weighted by atomic mass is 16.6. The number of fused-ring (bicyclic) bond motifs is 4. The molecule has 0 fully saturated rings. The molecule has 1 aliphatic heterocycles. The predicted octanol–water partition coefficient (Wildman–Crippen LogP) is 4.74. The van der Waals surface area contributed by atoms with Crippen molar-refractivity contribution in [1.82, 2.24) is 4.90 Å². The van der Waals surface area contributed by atoms with E-state index in [0.29, 0.717) is 19.6 Å². The maximum Gasteiger partial charge on any atom is 0.410 e. The topological polar surface area (TPSA) is 49.8 Å². The summed E-state index contributed by atoms with van der Waals surface area (Å²) in [6, 6.07) is 24.9. The molecule has 0 saturated carbocycles. The average Bonchev–Trinajstić information content (AvgIpc) is 3.11. The summed E-state index contributed by atoms with van der Waals surface area (Å²) < 4.78 is 5.88. The summed E-state index contributed by atoms with van der Waals surface area (Å²) in [5, 5.41) is 9.51. The van der Waals surface area contributed by atoms with E-state index in [0.717, 1.165) is 12.0 Å². The summed E-state index contributed by atoms with van der Waals surface area (Å²) in [7, 11) is 0. The van der Waals surface area contributed by atoms with E-state index in [-0.39, 0.29) is 24.7 Å². The Labute approximate surface area is 176 Å². The molecule has 3 aromatic rings. The van der Waals surface area contributed by atoms with Crippen LogP contribution in [-0.2, 0) is 17.7 Å². The average molecular weight is 399 g/mol. The molecule has 1 heterocycles. The summed E-state index contributed by atoms with van der Waals surface area (Å²) in [5.74, 6) is 0.0507. The minimum absolute atomic E-state index is 0.0412. The van der Waals surface area contributed by atoms with Gasteiger partial charge < -0.3 is 14.7 Å². The molecule has 0 aromatic heterocycles. The van der Waals surface area contributed by atoms with Gasteiger partial charge in [-0.1, -0.05) is 72.8 Å². The maximum atomic E-state index is 13.1. The van der Waals surface area contributed by atoms with Crippen molar-refractivity contribution < 1.29 is 14.6 Å². The molecule has 2 aliphatic rings. The molecule has 0 bridgehead atoms. The fourth-order valence-corrected chi connectivity index (χ4v) is 4.89. The lowest BCUT2D eigenvalue weighted by molar-refractivity contribution is 0.0698. The quantitative estimate of drug-likeness (QED) is 0.689. The van der Waals surface area contributed by atoms with E-state index < -0.39 is 0 Å². The summed E-state index contributed by atoms with van der Waals surface area (Å²) in [4.78, 5) is 14.9. The lowest BCUT2D eigenvalue weighted by atomic mass is 9.93. The van der Waals surface area contributed by atoms with Gasteiger partial charge in [-0.2, -0.15) is 0 Å². The molecule has 1 N–H and O–H groups in total. The molecular weight excluding hydrogens is 374 g/mol. The Morgan fingerprint density at radius 1 is 0.900 bits per heavy atom. The zero-order chi connectivity index (χ0) is 20.5. The van der Waals surface area contributed by atoms with E-state index in [1.807, 2.05) is 24.3 Å². The van der Waals surface area contributed by atoms with Crippen LogP contribution in [0.1, 0.15) is 34.6 Å². The normalized spacial score (nSPS) is 17.2. The van der Waals surface area contributed by atoms with Crippen molar-refractivity contribution in [2.45, 2.75) is 31.3 Å². The highest BCUT2D eigenvalue weighted by molar-refractivity contribution is 5.79. The van der Waals surface area contributed by atoms with Crippen LogP contribution < -0.4 is 0 Å². The van der Waals surface area contributed by atoms with Gasteiger partial charge in [-0.05, 0) is 46.2 Å². The number of ether oxygens (including phenoxy) is 1. The molecule has 30 heavy (non-hydrogen) atoms. The molecule has 1 unspecified atom stereocenters. The molecule has 152 valence electrons. The van der Waals surface area contributed by atoms with Crippen LogP contribution in [0.3, 0.4) is 0 Å². The van der Waals surface area contributed by atoms with Crippen molar-refractivity contribution in [3.8, 4) is 11.1 Å². The molecular formula is C26H25NO3. The van der Waals surface area contributed by atoms with Crippen LogP contribution in [0.5, 0.6) is 0 Å². The zero-order valence-electron chi connectivity index (χ0n) is 16.8. The highest BCUT2D eigenvalue weighted by Gasteiger charge is 2.33. The monoisotopic (exact) mass is 399 g/mol. The van der Waals surface area contributed by atoms with Gasteiger partial charge in [0, 0.05) is 25.1 Å². The van der Waals surface area contributed by atoms with E-state index in [1.54, 1.807) is 4.90 Å². The third-order valence-corrected chi connectivity index (χ3v) is 6.39. The Morgan fingerprint density at radius 2 is 1.50 bits per heavy atom. The van der Waals surface area contributed by atoms with Crippen LogP contribution in [0.25, 0.3) is 11.1 Å². The Hall–Kier alpha value is -3.11. The molecule has 3 aromatic carbocycles. The fraction of sp³-hybridized carbons (Fsp3) is 0.269. The number of carbonyl (C=O) groups is 1. The second-order valence-corrected chi connectivity index (χ2v) is 8.07. The summed E-state index contributed by atoms with van der Waals surface area (Å²) >= 11 is 0. The minimum Gasteiger partial charge on any atom is -0.448 e. The van der Waals surface area contributed by atoms with Gasteiger partial charge in [0.05, 0.1) is 0 Å². The van der Waals surface area contributed by atoms with Gasteiger partial charge in [0.2, 0.25) is 0 Å². The lowest BCUT2D eigenvalue weighted by Crippen LogP contribution is -2.45. The highest BCUT2D eigenvalue weighted by Crippen LogP contribution is 2.44. The van der Waals surface area contributed by atoms with Crippen LogP contribution in [0.2, 0.25) is 0 Å². The van der Waals surface area contributed by atoms with Crippen molar-refractivity contribution in [2.24, 2.45) is 0 Å². The Balaban J connectivity index is 1.36. The second kappa shape index (κ2) is 7.96. The number of benzene rings is 3. The molecule has 5 rings (SSSR count). The van der Waals surface area contributed by atoms with Gasteiger partial charge in [0.25, 0.3) is 0 Å². The maximum absolute atomic E-state index is 13.1. The van der Waals surface area contributed by atoms with E-state index in [2.05, 4.69) is 48.5 Å². The van der Waals surface area contributed by atoms with Crippen LogP contribution in [-0.4, -0.2) is 35.4 Å². The van der Waals surface area contributed by atoms with Crippen molar-refractivity contribution >= 4 is 6.09 Å². The fourth-order valence-electron chi connectivity index (χ4n) is 4.89. The minimum atomic E-state index is -0.301. The first-order chi connectivity index (χ1) is 14.8. The lowest BCUT2D eigenvalue weighted by Gasteiger charge is -2.36. The second-order valence-electron chi connectivity index (χ2n) is 8.07. The number of hydrogen-bond acceptors (Lipinski definition) is 3. The third-order valence-electron chi connectivity index (χ3n) is 6.39. The van der Waals surface area contributed by atoms with Crippen molar-refractivity contribution in [2.75, 3.05) is 13.2 Å². The predicted molar refractivity (Wildman–Crippen MR) is 116 cm³/mol. The molecule has 1 aliphatic carbocycles. The van der Waals surface area contributed by atoms with E-state index >= 15 is 0 Å². The Bertz CT molecular complexity index is 1030. The van der Waals surface area contributed by atoms with Gasteiger partial charge in [0.15, 0.2) is 0 Å². The van der Waals surface area contributed by atoms with E-state index in [9.17, 15) is 9.90 Å². The number of carbonyl (C=O) groups excluding carboxylic acids is 1. The zero-order valence-corrected chi connectivity index (χ0v) is 16.8. The van der Waals surface area contributed by atoms with Crippen molar-refractivity contribution in [3.63, 3.8) is 0 Å². The van der Waals surface area contributed by atoms with Gasteiger partial charge in [-0.3, -0.25) is 0 Å². The molecule has 1 amide bonds. The van der Waals surface area contributed by atoms with Crippen molar-refractivity contribution in [3.05, 3.63) is 95.1 Å². The molecule has 0 spiro atoms. The number of amides is 1. The van der Waals surface area contributed by atoms with Crippen molar-refractivity contribution in [1.29, 1.82) is 0 Å². The van der Waals surface area contributed by atoms with Gasteiger partial charge in [0.1, 0.15) is 6.61 Å². The summed E-state index contributed by atoms with van der Waals surface area (Å²) in [6.07, 6.45) is 1.00. The smallest absolute Gasteiger partial charge is 0.410 e. The largest absolute Gasteiger partial charge is 0.448 e. The number of rotatable bonds is 4. The van der Waals surface area contributed by atoms with Gasteiger partial charge in [-0.15, -0.1) is 0 Å². The van der Waals surface area contributed by atoms with Gasteiger partial charge >= 0.3 is 6.09 Å². The molecule has 0 saturated heterocycles. The molecule has 1 atom stereocenters. The van der Waals surface area contributed by atoms with Crippen LogP contribution in [0.4, 0.5) is 4.79 Å². The number of hydrogen-bond donors (Lipinski definition) is 1. The first-order valence-electron chi connectivity index (χ1n) is 10.6. The molecule has 4 heteroatoms. The SMILES string of the molecule is O=C(OCC1c2ccccc2-c2ccccc21)N1Cc2ccccc2CC1CCO. The van der Waals surface area contributed by atoms with E-state index in [1.165, 1.54) is 27.8 Å². The number of nitrogens with zero attached hydrogens (tertiary/aromatic N) is 1. The van der Waals surface area contributed by atoms with E-state index in [4.69, 9.17) is 4.74 Å². The first-order valence-corrected chi connectivity index (χ1v) is 10.6. The number of aliphatic hydroxyl groups excluding tert-OH is 1. The third kappa shape index (κ3) is 3.27. The number of aliphatic hydroxyl groups is 1. The molecule has 0 radical (unpaired) electrons. The first kappa shape index (κ1) is 18.9. The molecule has 4 nitrogen and oxygen atoms in total.